The van der Waals surface area contributed by atoms with Crippen molar-refractivity contribution in [2.45, 2.75) is 11.4 Å². The second-order valence-electron chi connectivity index (χ2n) is 4.28. The van der Waals surface area contributed by atoms with Crippen LogP contribution in [-0.4, -0.2) is 8.42 Å². The van der Waals surface area contributed by atoms with Crippen molar-refractivity contribution in [3.63, 3.8) is 0 Å². The van der Waals surface area contributed by atoms with Gasteiger partial charge >= 0.3 is 0 Å². The number of hydrogen-bond donors (Lipinski definition) is 2. The highest BCUT2D eigenvalue weighted by Crippen LogP contribution is 2.19. The van der Waals surface area contributed by atoms with Gasteiger partial charge in [0.1, 0.15) is 17.5 Å². The van der Waals surface area contributed by atoms with Crippen molar-refractivity contribution in [2.75, 3.05) is 5.32 Å². The zero-order valence-electron chi connectivity index (χ0n) is 10.6. The maximum Gasteiger partial charge on any atom is 0.238 e. The van der Waals surface area contributed by atoms with Gasteiger partial charge in [0.2, 0.25) is 10.0 Å². The van der Waals surface area contributed by atoms with Crippen LogP contribution < -0.4 is 10.5 Å². The molecule has 0 saturated carbocycles. The number of nitrogens with two attached hydrogens (primary N) is 1. The Balaban J connectivity index is 2.19. The van der Waals surface area contributed by atoms with E-state index in [1.165, 1.54) is 0 Å². The fraction of sp³-hybridized carbons (Fsp3) is 0.0769. The van der Waals surface area contributed by atoms with Crippen molar-refractivity contribution in [3.05, 3.63) is 59.4 Å². The third-order valence-corrected chi connectivity index (χ3v) is 3.66. The number of benzene rings is 2. The van der Waals surface area contributed by atoms with E-state index in [4.69, 9.17) is 5.14 Å². The molecule has 0 radical (unpaired) electrons. The number of nitrogens with one attached hydrogen (secondary N) is 1. The average Bonchev–Trinajstić information content (AvgIpc) is 2.40. The molecule has 3 N–H and O–H groups in total. The van der Waals surface area contributed by atoms with Crippen LogP contribution >= 0.6 is 0 Å². The van der Waals surface area contributed by atoms with Gasteiger partial charge in [-0.3, -0.25) is 0 Å². The van der Waals surface area contributed by atoms with E-state index in [2.05, 4.69) is 5.32 Å². The molecule has 0 heterocycles. The largest absolute Gasteiger partial charge is 0.378 e. The van der Waals surface area contributed by atoms with Gasteiger partial charge in [-0.25, -0.2) is 26.7 Å². The highest BCUT2D eigenvalue weighted by Gasteiger charge is 2.12. The Morgan fingerprint density at radius 1 is 1.00 bits per heavy atom. The molecule has 0 aliphatic carbocycles. The molecule has 21 heavy (non-hydrogen) atoms. The Morgan fingerprint density at radius 2 is 1.71 bits per heavy atom. The quantitative estimate of drug-likeness (QED) is 0.909. The molecule has 0 aliphatic rings. The standard InChI is InChI=1S/C13H11F3N2O2S/c14-9-1-3-11(15)8(5-9)7-18-13-4-2-10(6-12(13)16)21(17,19)20/h1-6,18H,7H2,(H2,17,19,20). The van der Waals surface area contributed by atoms with Crippen LogP contribution in [0.5, 0.6) is 0 Å². The number of halogens is 3. The maximum absolute atomic E-state index is 13.7. The smallest absolute Gasteiger partial charge is 0.238 e. The summed E-state index contributed by atoms with van der Waals surface area (Å²) >= 11 is 0. The first-order chi connectivity index (χ1) is 9.77. The molecule has 0 saturated heterocycles. The predicted molar refractivity (Wildman–Crippen MR) is 71.5 cm³/mol. The summed E-state index contributed by atoms with van der Waals surface area (Å²) < 4.78 is 62.2. The fourth-order valence-corrected chi connectivity index (χ4v) is 2.21. The minimum Gasteiger partial charge on any atom is -0.378 e. The number of sulfonamides is 1. The minimum atomic E-state index is -4.00. The van der Waals surface area contributed by atoms with Crippen LogP contribution in [0.2, 0.25) is 0 Å². The van der Waals surface area contributed by atoms with Crippen molar-refractivity contribution in [3.8, 4) is 0 Å². The van der Waals surface area contributed by atoms with Gasteiger partial charge in [0, 0.05) is 12.1 Å². The van der Waals surface area contributed by atoms with Crippen molar-refractivity contribution >= 4 is 15.7 Å². The van der Waals surface area contributed by atoms with E-state index in [1.54, 1.807) is 0 Å². The van der Waals surface area contributed by atoms with E-state index in [9.17, 15) is 21.6 Å². The Labute approximate surface area is 119 Å². The molecular formula is C13H11F3N2O2S. The summed E-state index contributed by atoms with van der Waals surface area (Å²) in [5.74, 6) is -2.11. The first-order valence-electron chi connectivity index (χ1n) is 5.77. The summed E-state index contributed by atoms with van der Waals surface area (Å²) in [5.41, 5.74) is -0.0315. The highest BCUT2D eigenvalue weighted by atomic mass is 32.2. The fourth-order valence-electron chi connectivity index (χ4n) is 1.69. The molecule has 8 heteroatoms. The summed E-state index contributed by atoms with van der Waals surface area (Å²) in [6.07, 6.45) is 0. The van der Waals surface area contributed by atoms with Crippen molar-refractivity contribution < 1.29 is 21.6 Å². The summed E-state index contributed by atoms with van der Waals surface area (Å²) in [6.45, 7) is -0.158. The first kappa shape index (κ1) is 15.3. The maximum atomic E-state index is 13.7. The molecule has 2 aromatic carbocycles. The number of rotatable bonds is 4. The lowest BCUT2D eigenvalue weighted by molar-refractivity contribution is 0.586. The minimum absolute atomic E-state index is 0.0184. The molecule has 0 spiro atoms. The van der Waals surface area contributed by atoms with Crippen molar-refractivity contribution in [2.24, 2.45) is 5.14 Å². The van der Waals surface area contributed by atoms with Gasteiger partial charge in [-0.2, -0.15) is 0 Å². The molecule has 0 fully saturated rings. The molecule has 0 amide bonds. The Hall–Kier alpha value is -2.06. The highest BCUT2D eigenvalue weighted by molar-refractivity contribution is 7.89. The monoisotopic (exact) mass is 316 g/mol. The molecule has 4 nitrogen and oxygen atoms in total. The van der Waals surface area contributed by atoms with Gasteiger partial charge < -0.3 is 5.32 Å². The molecule has 2 rings (SSSR count). The van der Waals surface area contributed by atoms with Crippen LogP contribution in [0.1, 0.15) is 5.56 Å². The van der Waals surface area contributed by atoms with Gasteiger partial charge in [-0.05, 0) is 36.4 Å². The molecule has 0 aromatic heterocycles. The second-order valence-corrected chi connectivity index (χ2v) is 5.84. The van der Waals surface area contributed by atoms with Gasteiger partial charge in [-0.1, -0.05) is 0 Å². The van der Waals surface area contributed by atoms with Gasteiger partial charge in [0.05, 0.1) is 10.6 Å². The van der Waals surface area contributed by atoms with E-state index in [0.717, 1.165) is 36.4 Å². The van der Waals surface area contributed by atoms with E-state index in [1.807, 2.05) is 0 Å². The summed E-state index contributed by atoms with van der Waals surface area (Å²) in [4.78, 5) is -0.373. The number of anilines is 1. The molecule has 112 valence electrons. The topological polar surface area (TPSA) is 72.2 Å². The van der Waals surface area contributed by atoms with E-state index >= 15 is 0 Å². The number of hydrogen-bond acceptors (Lipinski definition) is 3. The Bertz CT molecular complexity index is 779. The second kappa shape index (κ2) is 5.74. The lowest BCUT2D eigenvalue weighted by atomic mass is 10.2. The van der Waals surface area contributed by atoms with Crippen LogP contribution in [0.3, 0.4) is 0 Å². The zero-order chi connectivity index (χ0) is 15.6. The van der Waals surface area contributed by atoms with Gasteiger partial charge in [-0.15, -0.1) is 0 Å². The van der Waals surface area contributed by atoms with E-state index in [0.29, 0.717) is 0 Å². The van der Waals surface area contributed by atoms with Crippen LogP contribution in [-0.2, 0) is 16.6 Å². The Kier molecular flexibility index (Phi) is 4.19. The van der Waals surface area contributed by atoms with E-state index in [-0.39, 0.29) is 22.7 Å². The van der Waals surface area contributed by atoms with Crippen molar-refractivity contribution in [1.82, 2.24) is 0 Å². The lowest BCUT2D eigenvalue weighted by Gasteiger charge is -2.09. The molecule has 0 bridgehead atoms. The molecular weight excluding hydrogens is 305 g/mol. The SMILES string of the molecule is NS(=O)(=O)c1ccc(NCc2cc(F)ccc2F)c(F)c1. The third kappa shape index (κ3) is 3.73. The lowest BCUT2D eigenvalue weighted by Crippen LogP contribution is -2.13. The predicted octanol–water partition coefficient (Wildman–Crippen LogP) is 2.36. The summed E-state index contributed by atoms with van der Waals surface area (Å²) in [5, 5.41) is 7.43. The third-order valence-electron chi connectivity index (χ3n) is 2.75. The molecule has 0 atom stereocenters. The van der Waals surface area contributed by atoms with Crippen LogP contribution in [0.4, 0.5) is 18.9 Å². The molecule has 0 unspecified atom stereocenters. The zero-order valence-corrected chi connectivity index (χ0v) is 11.4. The Morgan fingerprint density at radius 3 is 2.33 bits per heavy atom. The average molecular weight is 316 g/mol. The summed E-state index contributed by atoms with van der Waals surface area (Å²) in [6, 6.07) is 5.95. The molecule has 2 aromatic rings. The molecule has 0 aliphatic heterocycles. The van der Waals surface area contributed by atoms with Crippen LogP contribution in [0.25, 0.3) is 0 Å². The van der Waals surface area contributed by atoms with Crippen LogP contribution in [0.15, 0.2) is 41.3 Å². The van der Waals surface area contributed by atoms with Crippen LogP contribution in [0, 0.1) is 17.5 Å². The van der Waals surface area contributed by atoms with Gasteiger partial charge in [0.25, 0.3) is 0 Å². The first-order valence-corrected chi connectivity index (χ1v) is 7.32. The van der Waals surface area contributed by atoms with Gasteiger partial charge in [0.15, 0.2) is 0 Å². The summed E-state index contributed by atoms with van der Waals surface area (Å²) in [7, 11) is -4.00. The van der Waals surface area contributed by atoms with Crippen molar-refractivity contribution in [1.29, 1.82) is 0 Å². The van der Waals surface area contributed by atoms with E-state index < -0.39 is 27.5 Å². The number of primary sulfonamides is 1. The normalized spacial score (nSPS) is 11.4.